The van der Waals surface area contributed by atoms with E-state index >= 15 is 0 Å². The molecule has 1 saturated carbocycles. The van der Waals surface area contributed by atoms with Gasteiger partial charge in [-0.05, 0) is 38.0 Å². The van der Waals surface area contributed by atoms with E-state index in [9.17, 15) is 4.79 Å². The maximum atomic E-state index is 12.4. The number of alkyl carbamates (subject to hydrolysis) is 1. The molecule has 1 amide bonds. The van der Waals surface area contributed by atoms with Gasteiger partial charge in [0, 0.05) is 17.4 Å². The van der Waals surface area contributed by atoms with Crippen LogP contribution >= 0.6 is 0 Å². The predicted octanol–water partition coefficient (Wildman–Crippen LogP) is 5.47. The van der Waals surface area contributed by atoms with E-state index in [1.54, 1.807) is 0 Å². The van der Waals surface area contributed by atoms with E-state index in [0.29, 0.717) is 43.1 Å². The van der Waals surface area contributed by atoms with Crippen LogP contribution in [0, 0.1) is 23.2 Å². The van der Waals surface area contributed by atoms with Crippen LogP contribution in [0.2, 0.25) is 0 Å². The van der Waals surface area contributed by atoms with Crippen LogP contribution in [0.3, 0.4) is 0 Å². The Hall–Kier alpha value is -1.03. The monoisotopic (exact) mass is 377 g/mol. The van der Waals surface area contributed by atoms with Crippen LogP contribution < -0.4 is 5.32 Å². The first-order chi connectivity index (χ1) is 13.0. The molecule has 3 aliphatic rings. The molecule has 2 aliphatic carbocycles. The average molecular weight is 378 g/mol. The number of rotatable bonds is 6. The number of amides is 1. The zero-order valence-electron chi connectivity index (χ0n) is 17.8. The van der Waals surface area contributed by atoms with Crippen LogP contribution in [0.1, 0.15) is 79.1 Å². The van der Waals surface area contributed by atoms with Crippen LogP contribution in [-0.4, -0.2) is 31.5 Å². The molecule has 5 atom stereocenters. The van der Waals surface area contributed by atoms with E-state index in [-0.39, 0.29) is 11.5 Å². The molecule has 4 nitrogen and oxygen atoms in total. The Morgan fingerprint density at radius 3 is 2.74 bits per heavy atom. The molecule has 4 heteroatoms. The van der Waals surface area contributed by atoms with Gasteiger partial charge in [-0.1, -0.05) is 64.5 Å². The quantitative estimate of drug-likeness (QED) is 0.624. The van der Waals surface area contributed by atoms with Gasteiger partial charge in [-0.2, -0.15) is 0 Å². The maximum absolute atomic E-state index is 12.4. The van der Waals surface area contributed by atoms with Crippen molar-refractivity contribution in [2.45, 2.75) is 91.2 Å². The number of carbonyl (C=O) groups is 1. The summed E-state index contributed by atoms with van der Waals surface area (Å²) in [6.45, 7) is 10.2. The second-order valence-corrected chi connectivity index (χ2v) is 9.29. The van der Waals surface area contributed by atoms with E-state index in [1.807, 2.05) is 0 Å². The normalized spacial score (nSPS) is 36.8. The van der Waals surface area contributed by atoms with E-state index in [0.717, 1.165) is 19.3 Å². The molecule has 3 unspecified atom stereocenters. The Morgan fingerprint density at radius 2 is 2.04 bits per heavy atom. The van der Waals surface area contributed by atoms with E-state index < -0.39 is 0 Å². The first-order valence-electron chi connectivity index (χ1n) is 11.2. The molecule has 1 heterocycles. The molecule has 1 N–H and O–H groups in total. The fourth-order valence-corrected chi connectivity index (χ4v) is 5.71. The van der Waals surface area contributed by atoms with Gasteiger partial charge in [0.25, 0.3) is 0 Å². The molecule has 0 aromatic heterocycles. The summed E-state index contributed by atoms with van der Waals surface area (Å²) in [6.07, 6.45) is 11.9. The van der Waals surface area contributed by atoms with Gasteiger partial charge < -0.3 is 14.8 Å². The summed E-state index contributed by atoms with van der Waals surface area (Å²) in [6, 6.07) is 0.292. The third-order valence-corrected chi connectivity index (χ3v) is 7.60. The number of unbranched alkanes of at least 4 members (excludes halogenated alkanes) is 1. The van der Waals surface area contributed by atoms with Crippen LogP contribution in [0.25, 0.3) is 0 Å². The second-order valence-electron chi connectivity index (χ2n) is 9.29. The highest BCUT2D eigenvalue weighted by Crippen LogP contribution is 2.53. The topological polar surface area (TPSA) is 47.6 Å². The van der Waals surface area contributed by atoms with Crippen molar-refractivity contribution in [1.29, 1.82) is 0 Å². The summed E-state index contributed by atoms with van der Waals surface area (Å²) in [5.74, 6) is 1.28. The molecule has 0 radical (unpaired) electrons. The number of fused-ring (bicyclic) bond motifs is 2. The molecule has 1 aliphatic heterocycles. The fraction of sp³-hybridized carbons (Fsp3) is 0.870. The van der Waals surface area contributed by atoms with Crippen LogP contribution in [0.5, 0.6) is 0 Å². The Labute approximate surface area is 165 Å². The highest BCUT2D eigenvalue weighted by Gasteiger charge is 2.53. The smallest absolute Gasteiger partial charge is 0.407 e. The summed E-state index contributed by atoms with van der Waals surface area (Å²) >= 11 is 0. The van der Waals surface area contributed by atoms with Crippen molar-refractivity contribution in [3.8, 4) is 0 Å². The van der Waals surface area contributed by atoms with Crippen molar-refractivity contribution in [2.75, 3.05) is 13.2 Å². The minimum atomic E-state index is -0.244. The maximum Gasteiger partial charge on any atom is 0.407 e. The standard InChI is InChI=1S/C23H39NO3/c1-5-6-12-20-21-16(2)13-17(3)23(14-26-20,18(21)4)15-27-22(25)24-19-10-8-7-9-11-19/h13,17-21H,5-12,14-15H2,1-4H3,(H,24,25)/t17?,18-,20?,21?,23-/m0/s1. The minimum Gasteiger partial charge on any atom is -0.449 e. The number of carbonyl (C=O) groups excluding carboxylic acids is 1. The fourth-order valence-electron chi connectivity index (χ4n) is 5.71. The minimum absolute atomic E-state index is 0.100. The van der Waals surface area contributed by atoms with Gasteiger partial charge >= 0.3 is 6.09 Å². The molecule has 2 fully saturated rings. The van der Waals surface area contributed by atoms with Gasteiger partial charge in [-0.15, -0.1) is 0 Å². The molecule has 0 aromatic rings. The molecule has 3 rings (SSSR count). The molecular formula is C23H39NO3. The summed E-state index contributed by atoms with van der Waals surface area (Å²) in [5, 5.41) is 3.09. The highest BCUT2D eigenvalue weighted by molar-refractivity contribution is 5.67. The SMILES string of the molecule is CCCCC1OC[C@]2(COC(=O)NC3CCCCC3)C(C)C=C(C)C1[C@@H]2C. The molecule has 0 spiro atoms. The average Bonchev–Trinajstić information content (AvgIpc) is 2.65. The second kappa shape index (κ2) is 8.98. The third-order valence-electron chi connectivity index (χ3n) is 7.60. The van der Waals surface area contributed by atoms with Crippen LogP contribution in [-0.2, 0) is 9.47 Å². The molecular weight excluding hydrogens is 338 g/mol. The van der Waals surface area contributed by atoms with Gasteiger partial charge in [0.05, 0.1) is 12.7 Å². The van der Waals surface area contributed by atoms with Gasteiger partial charge in [0.15, 0.2) is 0 Å². The van der Waals surface area contributed by atoms with Crippen LogP contribution in [0.15, 0.2) is 11.6 Å². The molecule has 154 valence electrons. The van der Waals surface area contributed by atoms with E-state index in [2.05, 4.69) is 39.1 Å². The Balaban J connectivity index is 1.64. The number of hydrogen-bond donors (Lipinski definition) is 1. The first-order valence-corrected chi connectivity index (χ1v) is 11.2. The van der Waals surface area contributed by atoms with Gasteiger partial charge in [-0.25, -0.2) is 4.79 Å². The lowest BCUT2D eigenvalue weighted by Gasteiger charge is -2.55. The van der Waals surface area contributed by atoms with Crippen LogP contribution in [0.4, 0.5) is 4.79 Å². The molecule has 2 bridgehead atoms. The van der Waals surface area contributed by atoms with Gasteiger partial charge in [0.1, 0.15) is 6.61 Å². The van der Waals surface area contributed by atoms with Crippen molar-refractivity contribution in [3.05, 3.63) is 11.6 Å². The van der Waals surface area contributed by atoms with Crippen molar-refractivity contribution in [3.63, 3.8) is 0 Å². The largest absolute Gasteiger partial charge is 0.449 e. The molecule has 27 heavy (non-hydrogen) atoms. The first kappa shape index (κ1) is 20.7. The van der Waals surface area contributed by atoms with Crippen molar-refractivity contribution < 1.29 is 14.3 Å². The Kier molecular flexibility index (Phi) is 6.88. The van der Waals surface area contributed by atoms with Gasteiger partial charge in [0.2, 0.25) is 0 Å². The van der Waals surface area contributed by atoms with Gasteiger partial charge in [-0.3, -0.25) is 0 Å². The summed E-state index contributed by atoms with van der Waals surface area (Å²) in [5.41, 5.74) is 1.36. The van der Waals surface area contributed by atoms with Crippen molar-refractivity contribution in [2.24, 2.45) is 23.2 Å². The summed E-state index contributed by atoms with van der Waals surface area (Å²) < 4.78 is 12.2. The van der Waals surface area contributed by atoms with E-state index in [1.165, 1.54) is 37.7 Å². The lowest BCUT2D eigenvalue weighted by Crippen LogP contribution is -2.57. The number of nitrogens with one attached hydrogen (secondary N) is 1. The number of ether oxygens (including phenoxy) is 2. The zero-order valence-corrected chi connectivity index (χ0v) is 17.8. The molecule has 0 aromatic carbocycles. The lowest BCUT2D eigenvalue weighted by atomic mass is 9.56. The summed E-state index contributed by atoms with van der Waals surface area (Å²) in [7, 11) is 0. The lowest BCUT2D eigenvalue weighted by molar-refractivity contribution is -0.165. The Bertz CT molecular complexity index is 540. The number of allylic oxidation sites excluding steroid dienone is 1. The third kappa shape index (κ3) is 4.36. The predicted molar refractivity (Wildman–Crippen MR) is 109 cm³/mol. The summed E-state index contributed by atoms with van der Waals surface area (Å²) in [4.78, 5) is 12.4. The Morgan fingerprint density at radius 1 is 1.30 bits per heavy atom. The zero-order chi connectivity index (χ0) is 19.4. The highest BCUT2D eigenvalue weighted by atomic mass is 16.6. The molecule has 1 saturated heterocycles. The van der Waals surface area contributed by atoms with E-state index in [4.69, 9.17) is 9.47 Å². The van der Waals surface area contributed by atoms with Crippen molar-refractivity contribution in [1.82, 2.24) is 5.32 Å². The van der Waals surface area contributed by atoms with Crippen molar-refractivity contribution >= 4 is 6.09 Å². The number of hydrogen-bond acceptors (Lipinski definition) is 3.